The molecule has 0 aliphatic heterocycles. The highest BCUT2D eigenvalue weighted by Crippen LogP contribution is 2.36. The molecule has 0 rings (SSSR count). The molecule has 0 radical (unpaired) electrons. The maximum atomic E-state index is 12.0. The predicted molar refractivity (Wildman–Crippen MR) is 106 cm³/mol. The van der Waals surface area contributed by atoms with Crippen LogP contribution < -0.4 is 0 Å². The van der Waals surface area contributed by atoms with Crippen LogP contribution in [0.3, 0.4) is 0 Å². The minimum atomic E-state index is -1.68. The second-order valence-corrected chi connectivity index (χ2v) is 13.2. The van der Waals surface area contributed by atoms with Crippen molar-refractivity contribution in [1.29, 1.82) is 0 Å². The van der Waals surface area contributed by atoms with E-state index >= 15 is 0 Å². The molecule has 0 aliphatic carbocycles. The zero-order valence-corrected chi connectivity index (χ0v) is 18.7. The summed E-state index contributed by atoms with van der Waals surface area (Å²) in [5.41, 5.74) is 1.22. The van der Waals surface area contributed by atoms with Crippen molar-refractivity contribution in [2.45, 2.75) is 78.1 Å². The van der Waals surface area contributed by atoms with Gasteiger partial charge < -0.3 is 9.53 Å². The Morgan fingerprint density at radius 2 is 1.88 bits per heavy atom. The van der Waals surface area contributed by atoms with Gasteiger partial charge in [0.15, 0.2) is 8.32 Å². The van der Waals surface area contributed by atoms with Crippen LogP contribution in [0, 0.1) is 5.92 Å². The summed E-state index contributed by atoms with van der Waals surface area (Å²) in [6, 6.07) is 0. The first-order chi connectivity index (χ1) is 11.3. The van der Waals surface area contributed by atoms with Crippen molar-refractivity contribution in [3.05, 3.63) is 11.6 Å². The van der Waals surface area contributed by atoms with E-state index in [1.807, 2.05) is 0 Å². The zero-order chi connectivity index (χ0) is 19.8. The monoisotopic (exact) mass is 373 g/mol. The fraction of sp³-hybridized carbons (Fsp3) is 0.842. The van der Waals surface area contributed by atoms with Crippen molar-refractivity contribution < 1.29 is 19.2 Å². The fourth-order valence-corrected chi connectivity index (χ4v) is 3.17. The van der Waals surface area contributed by atoms with Crippen molar-refractivity contribution in [2.24, 2.45) is 5.92 Å². The minimum absolute atomic E-state index is 0.209. The van der Waals surface area contributed by atoms with Gasteiger partial charge in [0.2, 0.25) is 0 Å². The highest BCUT2D eigenvalue weighted by atomic mass is 28.4. The largest absolute Gasteiger partial charge is 0.417 e. The summed E-state index contributed by atoms with van der Waals surface area (Å²) in [4.78, 5) is 16.8. The number of aliphatic hydroxyl groups is 1. The number of aliphatic hydroxyl groups excluding tert-OH is 1. The lowest BCUT2D eigenvalue weighted by atomic mass is 9.97. The Kier molecular flexibility index (Phi) is 10.2. The van der Waals surface area contributed by atoms with E-state index in [9.17, 15) is 9.90 Å². The van der Waals surface area contributed by atoms with Crippen LogP contribution in [0.2, 0.25) is 18.1 Å². The van der Waals surface area contributed by atoms with Crippen molar-refractivity contribution in [1.82, 2.24) is 5.06 Å². The number of nitrogens with zero attached hydrogens (tertiary/aromatic N) is 1. The summed E-state index contributed by atoms with van der Waals surface area (Å²) in [7, 11) is 1.32. The van der Waals surface area contributed by atoms with Crippen LogP contribution in [0.25, 0.3) is 0 Å². The van der Waals surface area contributed by atoms with Gasteiger partial charge in [-0.3, -0.25) is 9.63 Å². The number of carbonyl (C=O) groups is 1. The van der Waals surface area contributed by atoms with Gasteiger partial charge >= 0.3 is 0 Å². The molecule has 1 N–H and O–H groups in total. The van der Waals surface area contributed by atoms with E-state index < -0.39 is 20.3 Å². The third kappa shape index (κ3) is 8.49. The quantitative estimate of drug-likeness (QED) is 0.271. The van der Waals surface area contributed by atoms with Crippen LogP contribution in [-0.2, 0) is 14.1 Å². The van der Waals surface area contributed by atoms with Crippen LogP contribution in [-0.4, -0.2) is 51.3 Å². The third-order valence-electron chi connectivity index (χ3n) is 5.27. The summed E-state index contributed by atoms with van der Waals surface area (Å²) < 4.78 is 6.16. The van der Waals surface area contributed by atoms with Crippen molar-refractivity contribution in [2.75, 3.05) is 20.8 Å². The first kappa shape index (κ1) is 24.3. The highest BCUT2D eigenvalue weighted by Gasteiger charge is 2.36. The lowest BCUT2D eigenvalue weighted by Crippen LogP contribution is -2.40. The fourth-order valence-electron chi connectivity index (χ4n) is 2.10. The Hall–Kier alpha value is -0.693. The maximum Gasteiger partial charge on any atom is 0.251 e. The Bertz CT molecular complexity index is 443. The average molecular weight is 374 g/mol. The van der Waals surface area contributed by atoms with Gasteiger partial charge in [-0.25, -0.2) is 5.06 Å². The van der Waals surface area contributed by atoms with E-state index in [-0.39, 0.29) is 10.9 Å². The number of hydrogen-bond acceptors (Lipinski definition) is 4. The topological polar surface area (TPSA) is 59.0 Å². The molecule has 0 aromatic heterocycles. The second-order valence-electron chi connectivity index (χ2n) is 8.36. The molecule has 0 fully saturated rings. The van der Waals surface area contributed by atoms with E-state index in [4.69, 9.17) is 9.26 Å². The Balaban J connectivity index is 4.27. The molecule has 0 heterocycles. The molecule has 0 saturated carbocycles. The first-order valence-corrected chi connectivity index (χ1v) is 12.0. The van der Waals surface area contributed by atoms with Gasteiger partial charge in [0.05, 0.1) is 19.1 Å². The molecule has 0 aromatic rings. The SMILES string of the molecule is CON(C)C(=O)[C@H](C)[C@@H](O)CC/C(C)=C/CCO[Si](C)(C)C(C)(C)C. The molecule has 0 aliphatic rings. The number of rotatable bonds is 10. The van der Waals surface area contributed by atoms with Gasteiger partial charge in [-0.05, 0) is 44.3 Å². The second kappa shape index (κ2) is 10.5. The molecular weight excluding hydrogens is 334 g/mol. The average Bonchev–Trinajstić information content (AvgIpc) is 2.53. The molecule has 148 valence electrons. The lowest BCUT2D eigenvalue weighted by Gasteiger charge is -2.36. The predicted octanol–water partition coefficient (Wildman–Crippen LogP) is 4.14. The molecule has 2 atom stereocenters. The smallest absolute Gasteiger partial charge is 0.251 e. The lowest BCUT2D eigenvalue weighted by molar-refractivity contribution is -0.176. The van der Waals surface area contributed by atoms with E-state index in [1.54, 1.807) is 14.0 Å². The standard InChI is InChI=1S/C19H39NO4Si/c1-15(11-10-14-24-25(8,9)19(3,4)5)12-13-17(21)16(2)18(22)20(6)23-7/h11,16-17,21H,10,12-14H2,1-9H3/b15-11+/t16-,17+/m1/s1. The summed E-state index contributed by atoms with van der Waals surface area (Å²) in [5, 5.41) is 11.6. The molecule has 0 bridgehead atoms. The number of amides is 1. The molecule has 6 heteroatoms. The van der Waals surface area contributed by atoms with Gasteiger partial charge in [-0.2, -0.15) is 0 Å². The third-order valence-corrected chi connectivity index (χ3v) is 9.80. The zero-order valence-electron chi connectivity index (χ0n) is 17.7. The van der Waals surface area contributed by atoms with Crippen molar-refractivity contribution in [3.8, 4) is 0 Å². The van der Waals surface area contributed by atoms with Crippen LogP contribution in [0.15, 0.2) is 11.6 Å². The minimum Gasteiger partial charge on any atom is -0.417 e. The summed E-state index contributed by atoms with van der Waals surface area (Å²) in [6.07, 6.45) is 3.73. The van der Waals surface area contributed by atoms with Crippen LogP contribution in [0.5, 0.6) is 0 Å². The van der Waals surface area contributed by atoms with Crippen molar-refractivity contribution >= 4 is 14.2 Å². The van der Waals surface area contributed by atoms with E-state index in [1.165, 1.54) is 12.7 Å². The van der Waals surface area contributed by atoms with Crippen molar-refractivity contribution in [3.63, 3.8) is 0 Å². The van der Waals surface area contributed by atoms with Gasteiger partial charge in [0, 0.05) is 13.7 Å². The maximum absolute atomic E-state index is 12.0. The molecule has 0 unspecified atom stereocenters. The van der Waals surface area contributed by atoms with Gasteiger partial charge in [-0.15, -0.1) is 0 Å². The molecule has 5 nitrogen and oxygen atoms in total. The molecule has 25 heavy (non-hydrogen) atoms. The summed E-state index contributed by atoms with van der Waals surface area (Å²) in [6.45, 7) is 15.8. The highest BCUT2D eigenvalue weighted by molar-refractivity contribution is 6.74. The van der Waals surface area contributed by atoms with Gasteiger partial charge in [-0.1, -0.05) is 39.3 Å². The number of hydroxylamine groups is 2. The molecule has 1 amide bonds. The summed E-state index contributed by atoms with van der Waals surface area (Å²) >= 11 is 0. The summed E-state index contributed by atoms with van der Waals surface area (Å²) in [5.74, 6) is -0.681. The molecular formula is C19H39NO4Si. The molecule has 0 spiro atoms. The van der Waals surface area contributed by atoms with Crippen LogP contribution >= 0.6 is 0 Å². The Labute approximate surface area is 155 Å². The Morgan fingerprint density at radius 3 is 2.36 bits per heavy atom. The van der Waals surface area contributed by atoms with Crippen LogP contribution in [0.4, 0.5) is 0 Å². The first-order valence-electron chi connectivity index (χ1n) is 9.12. The van der Waals surface area contributed by atoms with E-state index in [0.717, 1.165) is 24.5 Å². The normalized spacial score (nSPS) is 15.8. The van der Waals surface area contributed by atoms with E-state index in [2.05, 4.69) is 46.9 Å². The van der Waals surface area contributed by atoms with Gasteiger partial charge in [0.1, 0.15) is 0 Å². The number of allylic oxidation sites excluding steroid dienone is 1. The van der Waals surface area contributed by atoms with Crippen LogP contribution in [0.1, 0.15) is 53.9 Å². The molecule has 0 saturated heterocycles. The number of hydrogen-bond donors (Lipinski definition) is 1. The Morgan fingerprint density at radius 1 is 1.32 bits per heavy atom. The molecule has 0 aromatic carbocycles. The van der Waals surface area contributed by atoms with Gasteiger partial charge in [0.25, 0.3) is 5.91 Å². The number of carbonyl (C=O) groups excluding carboxylic acids is 1. The van der Waals surface area contributed by atoms with E-state index in [0.29, 0.717) is 6.42 Å².